The summed E-state index contributed by atoms with van der Waals surface area (Å²) in [5.74, 6) is -0.688. The molecule has 1 aliphatic heterocycles. The molecule has 2 heterocycles. The van der Waals surface area contributed by atoms with Crippen LogP contribution in [0.4, 0.5) is 0 Å². The van der Waals surface area contributed by atoms with Crippen LogP contribution in [0.2, 0.25) is 0 Å². The molecule has 5 heteroatoms. The number of nitrogens with one attached hydrogen (secondary N) is 1. The second-order valence-corrected chi connectivity index (χ2v) is 5.32. The molecule has 1 aliphatic rings. The zero-order valence-electron chi connectivity index (χ0n) is 12.2. The number of aromatic nitrogens is 2. The maximum atomic E-state index is 11.6. The zero-order valence-corrected chi connectivity index (χ0v) is 12.2. The van der Waals surface area contributed by atoms with Gasteiger partial charge in [0.15, 0.2) is 0 Å². The fourth-order valence-corrected chi connectivity index (χ4v) is 2.60. The Labute approximate surface area is 124 Å². The smallest absolute Gasteiger partial charge is 0.314 e. The van der Waals surface area contributed by atoms with E-state index < -0.39 is 11.4 Å². The van der Waals surface area contributed by atoms with Crippen LogP contribution in [0, 0.1) is 0 Å². The Morgan fingerprint density at radius 3 is 2.38 bits per heavy atom. The summed E-state index contributed by atoms with van der Waals surface area (Å²) in [6.07, 6.45) is 6.48. The minimum absolute atomic E-state index is 0.673. The number of nitrogens with zero attached hydrogens (tertiary/aromatic N) is 2. The number of H-pyrrole nitrogens is 1. The van der Waals surface area contributed by atoms with Gasteiger partial charge in [-0.2, -0.15) is 0 Å². The number of aromatic amines is 1. The molecule has 0 radical (unpaired) electrons. The second kappa shape index (κ2) is 7.04. The number of hydrogen-bond acceptors (Lipinski definition) is 3. The molecule has 21 heavy (non-hydrogen) atoms. The summed E-state index contributed by atoms with van der Waals surface area (Å²) in [5, 5.41) is 9.51. The Balaban J connectivity index is 0.000000272. The number of carboxylic acids is 1. The van der Waals surface area contributed by atoms with Crippen molar-refractivity contribution in [2.24, 2.45) is 0 Å². The number of benzene rings is 1. The number of aliphatic carboxylic acids is 1. The Kier molecular flexibility index (Phi) is 5.11. The van der Waals surface area contributed by atoms with E-state index in [0.717, 1.165) is 18.7 Å². The van der Waals surface area contributed by atoms with Gasteiger partial charge >= 0.3 is 5.97 Å². The molecule has 5 nitrogen and oxygen atoms in total. The van der Waals surface area contributed by atoms with Crippen molar-refractivity contribution in [3.8, 4) is 0 Å². The van der Waals surface area contributed by atoms with Crippen molar-refractivity contribution in [1.82, 2.24) is 14.9 Å². The number of piperidine rings is 1. The van der Waals surface area contributed by atoms with Gasteiger partial charge in [0.25, 0.3) is 0 Å². The van der Waals surface area contributed by atoms with Crippen LogP contribution < -0.4 is 0 Å². The van der Waals surface area contributed by atoms with Crippen LogP contribution in [0.3, 0.4) is 0 Å². The van der Waals surface area contributed by atoms with Crippen LogP contribution in [0.5, 0.6) is 0 Å². The second-order valence-electron chi connectivity index (χ2n) is 5.32. The fourth-order valence-electron chi connectivity index (χ4n) is 2.60. The molecule has 2 N–H and O–H groups in total. The Morgan fingerprint density at radius 1 is 1.29 bits per heavy atom. The molecule has 1 fully saturated rings. The molecular weight excluding hydrogens is 266 g/mol. The molecule has 0 aliphatic carbocycles. The first-order valence-electron chi connectivity index (χ1n) is 7.05. The predicted octanol–water partition coefficient (Wildman–Crippen LogP) is 2.14. The minimum Gasteiger partial charge on any atom is -0.481 e. The van der Waals surface area contributed by atoms with Crippen LogP contribution in [-0.4, -0.2) is 46.1 Å². The first-order chi connectivity index (χ1) is 10.1. The normalized spacial score (nSPS) is 17.6. The summed E-state index contributed by atoms with van der Waals surface area (Å²) in [5.41, 5.74) is 0.268. The molecule has 0 atom stereocenters. The molecule has 0 amide bonds. The summed E-state index contributed by atoms with van der Waals surface area (Å²) in [7, 11) is 2.04. The van der Waals surface area contributed by atoms with Crippen LogP contribution in [0.1, 0.15) is 18.4 Å². The average molecular weight is 287 g/mol. The van der Waals surface area contributed by atoms with Gasteiger partial charge < -0.3 is 15.0 Å². The first kappa shape index (κ1) is 15.3. The van der Waals surface area contributed by atoms with Gasteiger partial charge in [-0.15, -0.1) is 0 Å². The summed E-state index contributed by atoms with van der Waals surface area (Å²) in [4.78, 5) is 20.2. The topological polar surface area (TPSA) is 69.2 Å². The van der Waals surface area contributed by atoms with Crippen molar-refractivity contribution in [3.63, 3.8) is 0 Å². The SMILES string of the molecule is CN1CCC(C(=O)O)(c2ccccc2)CC1.c1c[nH]cn1. The number of rotatable bonds is 2. The number of imidazole rings is 1. The van der Waals surface area contributed by atoms with Gasteiger partial charge in [-0.05, 0) is 38.5 Å². The fraction of sp³-hybridized carbons (Fsp3) is 0.375. The molecule has 1 aromatic heterocycles. The van der Waals surface area contributed by atoms with Gasteiger partial charge in [0.2, 0.25) is 0 Å². The van der Waals surface area contributed by atoms with E-state index in [1.165, 1.54) is 0 Å². The molecule has 1 aromatic carbocycles. The maximum Gasteiger partial charge on any atom is 0.314 e. The summed E-state index contributed by atoms with van der Waals surface area (Å²) in [6, 6.07) is 9.61. The highest BCUT2D eigenvalue weighted by atomic mass is 16.4. The van der Waals surface area contributed by atoms with Crippen LogP contribution in [0.15, 0.2) is 49.1 Å². The molecule has 0 bridgehead atoms. The number of hydrogen-bond donors (Lipinski definition) is 2. The van der Waals surface area contributed by atoms with E-state index in [0.29, 0.717) is 12.8 Å². The molecule has 3 rings (SSSR count). The summed E-state index contributed by atoms with van der Waals surface area (Å²) in [6.45, 7) is 1.70. The monoisotopic (exact) mass is 287 g/mol. The molecule has 0 spiro atoms. The average Bonchev–Trinajstić information content (AvgIpc) is 3.08. The van der Waals surface area contributed by atoms with E-state index in [2.05, 4.69) is 14.9 Å². The van der Waals surface area contributed by atoms with E-state index >= 15 is 0 Å². The third-order valence-corrected chi connectivity index (χ3v) is 3.98. The lowest BCUT2D eigenvalue weighted by Crippen LogP contribution is -2.46. The van der Waals surface area contributed by atoms with E-state index in [4.69, 9.17) is 0 Å². The lowest BCUT2D eigenvalue weighted by atomic mass is 9.73. The summed E-state index contributed by atoms with van der Waals surface area (Å²) >= 11 is 0. The number of likely N-dealkylation sites (tertiary alicyclic amines) is 1. The highest BCUT2D eigenvalue weighted by Crippen LogP contribution is 2.35. The van der Waals surface area contributed by atoms with E-state index in [9.17, 15) is 9.90 Å². The van der Waals surface area contributed by atoms with Crippen molar-refractivity contribution >= 4 is 5.97 Å². The number of carboxylic acid groups (broad SMARTS) is 1. The van der Waals surface area contributed by atoms with Gasteiger partial charge in [-0.25, -0.2) is 4.98 Å². The first-order valence-corrected chi connectivity index (χ1v) is 7.05. The largest absolute Gasteiger partial charge is 0.481 e. The third-order valence-electron chi connectivity index (χ3n) is 3.98. The van der Waals surface area contributed by atoms with Gasteiger partial charge in [-0.3, -0.25) is 4.79 Å². The van der Waals surface area contributed by atoms with Gasteiger partial charge in [0.05, 0.1) is 11.7 Å². The highest BCUT2D eigenvalue weighted by molar-refractivity contribution is 5.81. The van der Waals surface area contributed by atoms with Crippen LogP contribution in [-0.2, 0) is 10.2 Å². The standard InChI is InChI=1S/C13H17NO2.C3H4N2/c1-14-9-7-13(8-10-14,12(15)16)11-5-3-2-4-6-11;1-2-5-3-4-1/h2-6H,7-10H2,1H3,(H,15,16);1-3H,(H,4,5). The maximum absolute atomic E-state index is 11.6. The minimum atomic E-state index is -0.688. The molecule has 0 saturated carbocycles. The van der Waals surface area contributed by atoms with Crippen molar-refractivity contribution in [2.75, 3.05) is 20.1 Å². The molecule has 112 valence electrons. The third kappa shape index (κ3) is 3.70. The van der Waals surface area contributed by atoms with Gasteiger partial charge in [0, 0.05) is 12.4 Å². The van der Waals surface area contributed by atoms with E-state index in [-0.39, 0.29) is 0 Å². The summed E-state index contributed by atoms with van der Waals surface area (Å²) < 4.78 is 0. The highest BCUT2D eigenvalue weighted by Gasteiger charge is 2.42. The zero-order chi connectivity index (χ0) is 15.1. The van der Waals surface area contributed by atoms with Gasteiger partial charge in [0.1, 0.15) is 0 Å². The Bertz CT molecular complexity index is 515. The van der Waals surface area contributed by atoms with E-state index in [1.54, 1.807) is 18.7 Å². The number of carbonyl (C=O) groups is 1. The van der Waals surface area contributed by atoms with Crippen molar-refractivity contribution in [1.29, 1.82) is 0 Å². The predicted molar refractivity (Wildman–Crippen MR) is 81.1 cm³/mol. The molecule has 2 aromatic rings. The van der Waals surface area contributed by atoms with Crippen molar-refractivity contribution in [2.45, 2.75) is 18.3 Å². The lowest BCUT2D eigenvalue weighted by Gasteiger charge is -2.37. The van der Waals surface area contributed by atoms with Crippen LogP contribution >= 0.6 is 0 Å². The molecule has 0 unspecified atom stereocenters. The van der Waals surface area contributed by atoms with Crippen LogP contribution in [0.25, 0.3) is 0 Å². The van der Waals surface area contributed by atoms with E-state index in [1.807, 2.05) is 37.4 Å². The van der Waals surface area contributed by atoms with Crippen molar-refractivity contribution in [3.05, 3.63) is 54.6 Å². The molecular formula is C16H21N3O2. The Morgan fingerprint density at radius 2 is 1.95 bits per heavy atom. The lowest BCUT2D eigenvalue weighted by molar-refractivity contribution is -0.145. The van der Waals surface area contributed by atoms with Crippen molar-refractivity contribution < 1.29 is 9.90 Å². The Hall–Kier alpha value is -2.14. The molecule has 1 saturated heterocycles. The van der Waals surface area contributed by atoms with Gasteiger partial charge in [-0.1, -0.05) is 30.3 Å². The quantitative estimate of drug-likeness (QED) is 0.888.